The molecule has 0 unspecified atom stereocenters. The standard InChI is InChI=1S/C13H17N3O4/c1-14-11(17)8-15-12(18)10-5-3-9(4-6-10)7-16-13(19)20-2/h3-6H,7-8H2,1-2H3,(H,14,17)(H,15,18)(H,16,19). The molecule has 3 amide bonds. The van der Waals surface area contributed by atoms with Gasteiger partial charge < -0.3 is 20.7 Å². The SMILES string of the molecule is CNC(=O)CNC(=O)c1ccc(CNC(=O)OC)cc1. The zero-order chi connectivity index (χ0) is 15.0. The van der Waals surface area contributed by atoms with Gasteiger partial charge in [-0.3, -0.25) is 9.59 Å². The van der Waals surface area contributed by atoms with Crippen molar-refractivity contribution in [2.24, 2.45) is 0 Å². The molecule has 0 heterocycles. The highest BCUT2D eigenvalue weighted by atomic mass is 16.5. The number of methoxy groups -OCH3 is 1. The number of rotatable bonds is 5. The number of ether oxygens (including phenoxy) is 1. The molecule has 0 bridgehead atoms. The fourth-order valence-corrected chi connectivity index (χ4v) is 1.37. The van der Waals surface area contributed by atoms with Crippen molar-refractivity contribution in [2.75, 3.05) is 20.7 Å². The van der Waals surface area contributed by atoms with E-state index in [9.17, 15) is 14.4 Å². The Balaban J connectivity index is 2.51. The number of alkyl carbamates (subject to hydrolysis) is 1. The van der Waals surface area contributed by atoms with Crippen LogP contribution in [0.5, 0.6) is 0 Å². The lowest BCUT2D eigenvalue weighted by Gasteiger charge is -2.06. The minimum atomic E-state index is -0.516. The summed E-state index contributed by atoms with van der Waals surface area (Å²) in [6, 6.07) is 6.66. The van der Waals surface area contributed by atoms with E-state index in [-0.39, 0.29) is 18.4 Å². The Bertz CT molecular complexity index is 485. The van der Waals surface area contributed by atoms with Gasteiger partial charge in [-0.1, -0.05) is 12.1 Å². The van der Waals surface area contributed by atoms with E-state index in [0.717, 1.165) is 5.56 Å². The Kier molecular flexibility index (Phi) is 6.02. The normalized spacial score (nSPS) is 9.50. The van der Waals surface area contributed by atoms with Crippen molar-refractivity contribution >= 4 is 17.9 Å². The van der Waals surface area contributed by atoms with Crippen molar-refractivity contribution < 1.29 is 19.1 Å². The van der Waals surface area contributed by atoms with Crippen molar-refractivity contribution in [3.8, 4) is 0 Å². The molecule has 0 atom stereocenters. The summed E-state index contributed by atoms with van der Waals surface area (Å²) in [5.74, 6) is -0.599. The van der Waals surface area contributed by atoms with E-state index in [4.69, 9.17) is 0 Å². The van der Waals surface area contributed by atoms with E-state index >= 15 is 0 Å². The van der Waals surface area contributed by atoms with Crippen LogP contribution >= 0.6 is 0 Å². The summed E-state index contributed by atoms with van der Waals surface area (Å²) in [7, 11) is 2.78. The molecule has 0 saturated carbocycles. The first-order valence-electron chi connectivity index (χ1n) is 5.96. The molecule has 3 N–H and O–H groups in total. The molecule has 0 saturated heterocycles. The average Bonchev–Trinajstić information content (AvgIpc) is 2.50. The molecule has 0 radical (unpaired) electrons. The van der Waals surface area contributed by atoms with Crippen molar-refractivity contribution in [1.29, 1.82) is 0 Å². The maximum atomic E-state index is 11.7. The van der Waals surface area contributed by atoms with E-state index in [1.54, 1.807) is 24.3 Å². The number of carbonyl (C=O) groups is 3. The quantitative estimate of drug-likeness (QED) is 0.708. The number of benzene rings is 1. The fourth-order valence-electron chi connectivity index (χ4n) is 1.37. The number of likely N-dealkylation sites (N-methyl/N-ethyl adjacent to an activating group) is 1. The molecular formula is C13H17N3O4. The largest absolute Gasteiger partial charge is 0.453 e. The first kappa shape index (κ1) is 15.5. The smallest absolute Gasteiger partial charge is 0.407 e. The zero-order valence-electron chi connectivity index (χ0n) is 11.4. The van der Waals surface area contributed by atoms with E-state index in [1.165, 1.54) is 14.2 Å². The lowest BCUT2D eigenvalue weighted by molar-refractivity contribution is -0.119. The van der Waals surface area contributed by atoms with Crippen LogP contribution in [0.2, 0.25) is 0 Å². The number of nitrogens with one attached hydrogen (secondary N) is 3. The first-order chi connectivity index (χ1) is 9.56. The van der Waals surface area contributed by atoms with Gasteiger partial charge in [0.05, 0.1) is 13.7 Å². The molecule has 0 aromatic heterocycles. The van der Waals surface area contributed by atoms with Crippen LogP contribution in [-0.2, 0) is 16.1 Å². The number of amides is 3. The van der Waals surface area contributed by atoms with Gasteiger partial charge in [0.1, 0.15) is 0 Å². The number of hydrogen-bond donors (Lipinski definition) is 3. The van der Waals surface area contributed by atoms with E-state index in [1.807, 2.05) is 0 Å². The highest BCUT2D eigenvalue weighted by molar-refractivity contribution is 5.96. The Morgan fingerprint density at radius 2 is 1.75 bits per heavy atom. The van der Waals surface area contributed by atoms with E-state index in [0.29, 0.717) is 12.1 Å². The van der Waals surface area contributed by atoms with Crippen LogP contribution in [0, 0.1) is 0 Å². The topological polar surface area (TPSA) is 96.5 Å². The van der Waals surface area contributed by atoms with Crippen LogP contribution in [0.4, 0.5) is 4.79 Å². The highest BCUT2D eigenvalue weighted by Crippen LogP contribution is 2.04. The third kappa shape index (κ3) is 4.97. The maximum absolute atomic E-state index is 11.7. The second-order valence-electron chi connectivity index (χ2n) is 3.90. The third-order valence-electron chi connectivity index (χ3n) is 2.53. The van der Waals surface area contributed by atoms with Crippen molar-refractivity contribution in [3.05, 3.63) is 35.4 Å². The molecule has 1 aromatic rings. The molecule has 0 aliphatic rings. The molecule has 0 aliphatic carbocycles. The van der Waals surface area contributed by atoms with Gasteiger partial charge in [0.15, 0.2) is 0 Å². The summed E-state index contributed by atoms with van der Waals surface area (Å²) >= 11 is 0. The Hall–Kier alpha value is -2.57. The third-order valence-corrected chi connectivity index (χ3v) is 2.53. The molecule has 1 aromatic carbocycles. The molecular weight excluding hydrogens is 262 g/mol. The zero-order valence-corrected chi connectivity index (χ0v) is 11.4. The molecule has 7 heteroatoms. The highest BCUT2D eigenvalue weighted by Gasteiger charge is 2.07. The monoisotopic (exact) mass is 279 g/mol. The van der Waals surface area contributed by atoms with Crippen LogP contribution in [0.1, 0.15) is 15.9 Å². The second kappa shape index (κ2) is 7.78. The van der Waals surface area contributed by atoms with Crippen LogP contribution in [-0.4, -0.2) is 38.6 Å². The maximum Gasteiger partial charge on any atom is 0.407 e. The summed E-state index contributed by atoms with van der Waals surface area (Å²) in [6.45, 7) is 0.244. The first-order valence-corrected chi connectivity index (χ1v) is 5.96. The van der Waals surface area contributed by atoms with Gasteiger partial charge in [0.2, 0.25) is 5.91 Å². The second-order valence-corrected chi connectivity index (χ2v) is 3.90. The van der Waals surface area contributed by atoms with Gasteiger partial charge in [-0.2, -0.15) is 0 Å². The van der Waals surface area contributed by atoms with Crippen LogP contribution in [0.3, 0.4) is 0 Å². The van der Waals surface area contributed by atoms with Crippen LogP contribution in [0.15, 0.2) is 24.3 Å². The molecule has 0 fully saturated rings. The fraction of sp³-hybridized carbons (Fsp3) is 0.308. The molecule has 1 rings (SSSR count). The van der Waals surface area contributed by atoms with Gasteiger partial charge in [0, 0.05) is 19.2 Å². The molecule has 0 aliphatic heterocycles. The van der Waals surface area contributed by atoms with Crippen molar-refractivity contribution in [1.82, 2.24) is 16.0 Å². The molecule has 108 valence electrons. The number of carbonyl (C=O) groups excluding carboxylic acids is 3. The Morgan fingerprint density at radius 1 is 1.10 bits per heavy atom. The lowest BCUT2D eigenvalue weighted by Crippen LogP contribution is -2.35. The minimum absolute atomic E-state index is 0.0685. The van der Waals surface area contributed by atoms with Crippen molar-refractivity contribution in [3.63, 3.8) is 0 Å². The summed E-state index contributed by atoms with van der Waals surface area (Å²) in [4.78, 5) is 33.6. The summed E-state index contributed by atoms with van der Waals surface area (Å²) in [5, 5.41) is 7.43. The average molecular weight is 279 g/mol. The van der Waals surface area contributed by atoms with Gasteiger partial charge >= 0.3 is 6.09 Å². The van der Waals surface area contributed by atoms with Gasteiger partial charge in [-0.05, 0) is 17.7 Å². The minimum Gasteiger partial charge on any atom is -0.453 e. The predicted molar refractivity (Wildman–Crippen MR) is 72.1 cm³/mol. The summed E-state index contributed by atoms with van der Waals surface area (Å²) in [5.41, 5.74) is 1.27. The Morgan fingerprint density at radius 3 is 2.30 bits per heavy atom. The summed E-state index contributed by atoms with van der Waals surface area (Å²) in [6.07, 6.45) is -0.516. The van der Waals surface area contributed by atoms with Crippen LogP contribution < -0.4 is 16.0 Å². The molecule has 0 spiro atoms. The Labute approximate surface area is 116 Å². The predicted octanol–water partition coefficient (Wildman–Crippen LogP) is 0.0184. The van der Waals surface area contributed by atoms with Crippen molar-refractivity contribution in [2.45, 2.75) is 6.54 Å². The van der Waals surface area contributed by atoms with Gasteiger partial charge in [0.25, 0.3) is 5.91 Å². The lowest BCUT2D eigenvalue weighted by atomic mass is 10.1. The molecule has 7 nitrogen and oxygen atoms in total. The van der Waals surface area contributed by atoms with E-state index < -0.39 is 6.09 Å². The van der Waals surface area contributed by atoms with Crippen LogP contribution in [0.25, 0.3) is 0 Å². The van der Waals surface area contributed by atoms with Gasteiger partial charge in [-0.25, -0.2) is 4.79 Å². The van der Waals surface area contributed by atoms with E-state index in [2.05, 4.69) is 20.7 Å². The summed E-state index contributed by atoms with van der Waals surface area (Å²) < 4.78 is 4.45. The van der Waals surface area contributed by atoms with Gasteiger partial charge in [-0.15, -0.1) is 0 Å². The number of hydrogen-bond acceptors (Lipinski definition) is 4. The molecule has 20 heavy (non-hydrogen) atoms.